The molecule has 0 aromatic heterocycles. The van der Waals surface area contributed by atoms with Crippen molar-refractivity contribution in [3.63, 3.8) is 0 Å². The van der Waals surface area contributed by atoms with Gasteiger partial charge in [0.15, 0.2) is 5.09 Å². The van der Waals surface area contributed by atoms with Crippen LogP contribution in [0, 0.1) is 5.41 Å². The Morgan fingerprint density at radius 1 is 1.46 bits per heavy atom. The Kier molecular flexibility index (Phi) is 5.14. The third-order valence-electron chi connectivity index (χ3n) is 1.08. The molecule has 0 aliphatic carbocycles. The second-order valence-electron chi connectivity index (χ2n) is 3.86. The molecule has 0 aromatic rings. The predicted octanol–water partition coefficient (Wildman–Crippen LogP) is 3.19. The van der Waals surface area contributed by atoms with E-state index in [0.29, 0.717) is 5.09 Å². The van der Waals surface area contributed by atoms with Crippen molar-refractivity contribution in [2.45, 2.75) is 34.6 Å². The molecule has 0 N–H and O–H groups in total. The Bertz CT molecular complexity index is 201. The largest absolute Gasteiger partial charge is 0.420 e. The standard InChI is InChI=1S/C10H18O2S/c1-6-13-9(12-8(2)11)7-10(3,4)5/h7H,6H2,1-5H3. The summed E-state index contributed by atoms with van der Waals surface area (Å²) in [6, 6.07) is 0. The molecule has 3 heteroatoms. The number of rotatable bonds is 3. The number of hydrogen-bond acceptors (Lipinski definition) is 3. The zero-order valence-electron chi connectivity index (χ0n) is 9.01. The van der Waals surface area contributed by atoms with Crippen molar-refractivity contribution in [2.75, 3.05) is 5.75 Å². The van der Waals surface area contributed by atoms with Gasteiger partial charge in [0.05, 0.1) is 0 Å². The molecule has 0 saturated heterocycles. The molecule has 0 spiro atoms. The molecule has 0 aliphatic heterocycles. The number of hydrogen-bond donors (Lipinski definition) is 0. The monoisotopic (exact) mass is 202 g/mol. The van der Waals surface area contributed by atoms with Gasteiger partial charge in [-0.3, -0.25) is 4.79 Å². The fourth-order valence-corrected chi connectivity index (χ4v) is 1.64. The van der Waals surface area contributed by atoms with Gasteiger partial charge in [0.2, 0.25) is 0 Å². The summed E-state index contributed by atoms with van der Waals surface area (Å²) in [5.74, 6) is 0.659. The van der Waals surface area contributed by atoms with Gasteiger partial charge in [-0.1, -0.05) is 39.5 Å². The second-order valence-corrected chi connectivity index (χ2v) is 5.12. The van der Waals surface area contributed by atoms with Crippen LogP contribution in [-0.4, -0.2) is 11.7 Å². The highest BCUT2D eigenvalue weighted by atomic mass is 32.2. The van der Waals surface area contributed by atoms with Gasteiger partial charge in [-0.15, -0.1) is 0 Å². The lowest BCUT2D eigenvalue weighted by atomic mass is 9.97. The first-order valence-corrected chi connectivity index (χ1v) is 5.38. The fourth-order valence-electron chi connectivity index (χ4n) is 0.738. The first kappa shape index (κ1) is 12.6. The molecule has 0 radical (unpaired) electrons. The Balaban J connectivity index is 4.40. The summed E-state index contributed by atoms with van der Waals surface area (Å²) in [4.78, 5) is 10.7. The number of thioether (sulfide) groups is 1. The van der Waals surface area contributed by atoms with Crippen molar-refractivity contribution in [1.82, 2.24) is 0 Å². The molecule has 13 heavy (non-hydrogen) atoms. The van der Waals surface area contributed by atoms with Gasteiger partial charge >= 0.3 is 5.97 Å². The summed E-state index contributed by atoms with van der Waals surface area (Å²) in [7, 11) is 0. The highest BCUT2D eigenvalue weighted by Gasteiger charge is 2.10. The summed E-state index contributed by atoms with van der Waals surface area (Å²) >= 11 is 1.55. The van der Waals surface area contributed by atoms with Crippen LogP contribution in [0.1, 0.15) is 34.6 Å². The van der Waals surface area contributed by atoms with Crippen molar-refractivity contribution < 1.29 is 9.53 Å². The van der Waals surface area contributed by atoms with Gasteiger partial charge in [-0.25, -0.2) is 0 Å². The topological polar surface area (TPSA) is 26.3 Å². The number of carbonyl (C=O) groups excluding carboxylic acids is 1. The molecule has 0 unspecified atom stereocenters. The molecule has 0 bridgehead atoms. The Morgan fingerprint density at radius 3 is 2.31 bits per heavy atom. The lowest BCUT2D eigenvalue weighted by Gasteiger charge is -2.14. The molecule has 0 aromatic carbocycles. The number of esters is 1. The minimum absolute atomic E-state index is 0.0486. The minimum Gasteiger partial charge on any atom is -0.420 e. The van der Waals surface area contributed by atoms with Crippen molar-refractivity contribution >= 4 is 17.7 Å². The number of carbonyl (C=O) groups is 1. The van der Waals surface area contributed by atoms with Crippen LogP contribution in [0.2, 0.25) is 0 Å². The third-order valence-corrected chi connectivity index (χ3v) is 1.86. The highest BCUT2D eigenvalue weighted by molar-refractivity contribution is 8.02. The first-order valence-electron chi connectivity index (χ1n) is 4.39. The predicted molar refractivity (Wildman–Crippen MR) is 57.4 cm³/mol. The molecular weight excluding hydrogens is 184 g/mol. The summed E-state index contributed by atoms with van der Waals surface area (Å²) < 4.78 is 5.05. The van der Waals surface area contributed by atoms with Crippen molar-refractivity contribution in [2.24, 2.45) is 5.41 Å². The van der Waals surface area contributed by atoms with Crippen LogP contribution >= 0.6 is 11.8 Å². The van der Waals surface area contributed by atoms with Crippen LogP contribution in [0.4, 0.5) is 0 Å². The van der Waals surface area contributed by atoms with E-state index in [4.69, 9.17) is 4.74 Å². The molecule has 2 nitrogen and oxygen atoms in total. The Morgan fingerprint density at radius 2 is 2.00 bits per heavy atom. The molecular formula is C10H18O2S. The van der Waals surface area contributed by atoms with Gasteiger partial charge in [0, 0.05) is 6.92 Å². The molecule has 0 amide bonds. The van der Waals surface area contributed by atoms with Crippen LogP contribution in [0.5, 0.6) is 0 Å². The van der Waals surface area contributed by atoms with E-state index >= 15 is 0 Å². The maximum atomic E-state index is 10.7. The maximum Gasteiger partial charge on any atom is 0.308 e. The lowest BCUT2D eigenvalue weighted by Crippen LogP contribution is -2.04. The van der Waals surface area contributed by atoms with Crippen LogP contribution < -0.4 is 0 Å². The third kappa shape index (κ3) is 7.91. The van der Waals surface area contributed by atoms with E-state index in [1.54, 1.807) is 11.8 Å². The molecule has 0 aliphatic rings. The van der Waals surface area contributed by atoms with Gasteiger partial charge < -0.3 is 4.74 Å². The van der Waals surface area contributed by atoms with E-state index in [0.717, 1.165) is 5.75 Å². The molecule has 76 valence electrons. The van der Waals surface area contributed by atoms with E-state index in [-0.39, 0.29) is 11.4 Å². The summed E-state index contributed by atoms with van der Waals surface area (Å²) in [6.45, 7) is 9.68. The summed E-state index contributed by atoms with van der Waals surface area (Å²) in [6.07, 6.45) is 1.97. The fraction of sp³-hybridized carbons (Fsp3) is 0.700. The normalized spacial score (nSPS) is 12.8. The molecule has 0 heterocycles. The van der Waals surface area contributed by atoms with Gasteiger partial charge in [0.1, 0.15) is 0 Å². The molecule has 0 rings (SSSR count). The molecule has 0 saturated carbocycles. The smallest absolute Gasteiger partial charge is 0.308 e. The van der Waals surface area contributed by atoms with E-state index < -0.39 is 0 Å². The Labute approximate surface area is 84.7 Å². The van der Waals surface area contributed by atoms with Crippen LogP contribution in [0.25, 0.3) is 0 Å². The Hall–Kier alpha value is -0.440. The van der Waals surface area contributed by atoms with Crippen LogP contribution in [0.15, 0.2) is 11.2 Å². The summed E-state index contributed by atoms with van der Waals surface area (Å²) in [5, 5.41) is 0.711. The average molecular weight is 202 g/mol. The quantitative estimate of drug-likeness (QED) is 0.519. The van der Waals surface area contributed by atoms with Crippen molar-refractivity contribution in [3.05, 3.63) is 11.2 Å². The van der Waals surface area contributed by atoms with Crippen molar-refractivity contribution in [1.29, 1.82) is 0 Å². The van der Waals surface area contributed by atoms with Gasteiger partial charge in [-0.05, 0) is 17.2 Å². The van der Waals surface area contributed by atoms with E-state index in [1.807, 2.05) is 13.0 Å². The zero-order chi connectivity index (χ0) is 10.5. The second kappa shape index (κ2) is 5.32. The molecule has 0 fully saturated rings. The van der Waals surface area contributed by atoms with E-state index in [1.165, 1.54) is 6.92 Å². The molecule has 0 atom stereocenters. The lowest BCUT2D eigenvalue weighted by molar-refractivity contribution is -0.135. The van der Waals surface area contributed by atoms with E-state index in [9.17, 15) is 4.79 Å². The van der Waals surface area contributed by atoms with Crippen LogP contribution in [-0.2, 0) is 9.53 Å². The van der Waals surface area contributed by atoms with Crippen LogP contribution in [0.3, 0.4) is 0 Å². The SMILES string of the molecule is CCSC(=CC(C)(C)C)OC(C)=O. The first-order chi connectivity index (χ1) is 5.85. The number of ether oxygens (including phenoxy) is 1. The van der Waals surface area contributed by atoms with Gasteiger partial charge in [-0.2, -0.15) is 0 Å². The summed E-state index contributed by atoms with van der Waals surface area (Å²) in [5.41, 5.74) is 0.0486. The van der Waals surface area contributed by atoms with E-state index in [2.05, 4.69) is 20.8 Å². The van der Waals surface area contributed by atoms with Gasteiger partial charge in [0.25, 0.3) is 0 Å². The van der Waals surface area contributed by atoms with Crippen molar-refractivity contribution in [3.8, 4) is 0 Å². The maximum absolute atomic E-state index is 10.7. The highest BCUT2D eigenvalue weighted by Crippen LogP contribution is 2.25. The average Bonchev–Trinajstić information content (AvgIpc) is 1.81. The minimum atomic E-state index is -0.253. The zero-order valence-corrected chi connectivity index (χ0v) is 9.83. The number of allylic oxidation sites excluding steroid dienone is 1.